The van der Waals surface area contributed by atoms with Crippen molar-refractivity contribution >= 4 is 11.8 Å². The molecule has 0 amide bonds. The lowest BCUT2D eigenvalue weighted by Crippen LogP contribution is -2.41. The molecular weight excluding hydrogens is 202 g/mol. The Kier molecular flexibility index (Phi) is 6.06. The first-order valence-electron chi connectivity index (χ1n) is 6.47. The molecule has 0 saturated heterocycles. The normalized spacial score (nSPS) is 32.2. The summed E-state index contributed by atoms with van der Waals surface area (Å²) in [7, 11) is 2.12. The van der Waals surface area contributed by atoms with Crippen LogP contribution in [0.3, 0.4) is 0 Å². The van der Waals surface area contributed by atoms with Gasteiger partial charge in [0.2, 0.25) is 0 Å². The van der Waals surface area contributed by atoms with Crippen molar-refractivity contribution < 1.29 is 0 Å². The molecule has 0 aliphatic heterocycles. The van der Waals surface area contributed by atoms with Crippen LogP contribution >= 0.6 is 11.8 Å². The average Bonchev–Trinajstić information content (AvgIpc) is 2.25. The third-order valence-electron chi connectivity index (χ3n) is 3.68. The molecule has 0 radical (unpaired) electrons. The van der Waals surface area contributed by atoms with E-state index in [1.165, 1.54) is 31.4 Å². The third kappa shape index (κ3) is 3.99. The van der Waals surface area contributed by atoms with Crippen LogP contribution in [0.25, 0.3) is 0 Å². The summed E-state index contributed by atoms with van der Waals surface area (Å²) in [4.78, 5) is 0. The van der Waals surface area contributed by atoms with Crippen LogP contribution in [0.4, 0.5) is 0 Å². The minimum atomic E-state index is 0.761. The molecule has 0 aromatic carbocycles. The fourth-order valence-electron chi connectivity index (χ4n) is 2.55. The molecule has 0 spiro atoms. The van der Waals surface area contributed by atoms with Gasteiger partial charge in [0.15, 0.2) is 0 Å². The van der Waals surface area contributed by atoms with E-state index in [0.29, 0.717) is 0 Å². The maximum Gasteiger partial charge on any atom is 0.0203 e. The monoisotopic (exact) mass is 229 g/mol. The van der Waals surface area contributed by atoms with Gasteiger partial charge in [0.05, 0.1) is 0 Å². The first-order valence-corrected chi connectivity index (χ1v) is 7.52. The molecule has 1 saturated carbocycles. The summed E-state index contributed by atoms with van der Waals surface area (Å²) >= 11 is 2.19. The molecule has 1 aliphatic carbocycles. The lowest BCUT2D eigenvalue weighted by Gasteiger charge is -2.37. The van der Waals surface area contributed by atoms with Crippen LogP contribution in [0.2, 0.25) is 0 Å². The SMILES string of the molecule is CCCSC1CC(C(C)C)CCC1NC. The van der Waals surface area contributed by atoms with Crippen molar-refractivity contribution in [2.75, 3.05) is 12.8 Å². The zero-order valence-electron chi connectivity index (χ0n) is 10.8. The summed E-state index contributed by atoms with van der Waals surface area (Å²) < 4.78 is 0. The summed E-state index contributed by atoms with van der Waals surface area (Å²) in [5.74, 6) is 3.16. The molecule has 1 rings (SSSR count). The Morgan fingerprint density at radius 1 is 1.33 bits per heavy atom. The Balaban J connectivity index is 2.45. The van der Waals surface area contributed by atoms with Crippen molar-refractivity contribution in [2.24, 2.45) is 11.8 Å². The molecule has 1 N–H and O–H groups in total. The highest BCUT2D eigenvalue weighted by molar-refractivity contribution is 7.99. The molecule has 3 atom stereocenters. The molecule has 90 valence electrons. The number of rotatable bonds is 5. The van der Waals surface area contributed by atoms with E-state index in [1.807, 2.05) is 0 Å². The molecule has 15 heavy (non-hydrogen) atoms. The molecule has 0 heterocycles. The van der Waals surface area contributed by atoms with Gasteiger partial charge in [0.25, 0.3) is 0 Å². The van der Waals surface area contributed by atoms with Gasteiger partial charge in [-0.05, 0) is 50.3 Å². The van der Waals surface area contributed by atoms with Gasteiger partial charge in [-0.25, -0.2) is 0 Å². The summed E-state index contributed by atoms with van der Waals surface area (Å²) in [6, 6.07) is 0.761. The zero-order valence-corrected chi connectivity index (χ0v) is 11.6. The van der Waals surface area contributed by atoms with Crippen molar-refractivity contribution in [3.05, 3.63) is 0 Å². The predicted molar refractivity (Wildman–Crippen MR) is 71.6 cm³/mol. The van der Waals surface area contributed by atoms with E-state index in [9.17, 15) is 0 Å². The maximum atomic E-state index is 3.50. The van der Waals surface area contributed by atoms with Crippen LogP contribution in [0.1, 0.15) is 46.5 Å². The third-order valence-corrected chi connectivity index (χ3v) is 5.28. The van der Waals surface area contributed by atoms with Gasteiger partial charge in [0, 0.05) is 11.3 Å². The van der Waals surface area contributed by atoms with Crippen LogP contribution in [0.15, 0.2) is 0 Å². The fraction of sp³-hybridized carbons (Fsp3) is 1.00. The van der Waals surface area contributed by atoms with E-state index >= 15 is 0 Å². The number of thioether (sulfide) groups is 1. The van der Waals surface area contributed by atoms with Crippen molar-refractivity contribution in [1.82, 2.24) is 5.32 Å². The quantitative estimate of drug-likeness (QED) is 0.774. The number of nitrogens with one attached hydrogen (secondary N) is 1. The summed E-state index contributed by atoms with van der Waals surface area (Å²) in [6.07, 6.45) is 5.53. The summed E-state index contributed by atoms with van der Waals surface area (Å²) in [5, 5.41) is 4.36. The zero-order chi connectivity index (χ0) is 11.3. The van der Waals surface area contributed by atoms with Crippen molar-refractivity contribution in [3.8, 4) is 0 Å². The Morgan fingerprint density at radius 3 is 2.60 bits per heavy atom. The molecule has 3 unspecified atom stereocenters. The van der Waals surface area contributed by atoms with Crippen LogP contribution < -0.4 is 5.32 Å². The van der Waals surface area contributed by atoms with Gasteiger partial charge in [-0.2, -0.15) is 11.8 Å². The van der Waals surface area contributed by atoms with Crippen LogP contribution in [0.5, 0.6) is 0 Å². The second-order valence-electron chi connectivity index (χ2n) is 5.12. The van der Waals surface area contributed by atoms with Gasteiger partial charge in [-0.1, -0.05) is 20.8 Å². The van der Waals surface area contributed by atoms with E-state index in [4.69, 9.17) is 0 Å². The fourth-order valence-corrected chi connectivity index (χ4v) is 3.98. The minimum Gasteiger partial charge on any atom is -0.316 e. The summed E-state index contributed by atoms with van der Waals surface area (Å²) in [6.45, 7) is 7.04. The van der Waals surface area contributed by atoms with Crippen LogP contribution in [-0.4, -0.2) is 24.1 Å². The van der Waals surface area contributed by atoms with Crippen molar-refractivity contribution in [1.29, 1.82) is 0 Å². The molecule has 0 aromatic rings. The van der Waals surface area contributed by atoms with Crippen LogP contribution in [0, 0.1) is 11.8 Å². The van der Waals surface area contributed by atoms with E-state index in [0.717, 1.165) is 23.1 Å². The predicted octanol–water partition coefficient (Wildman–Crippen LogP) is 3.54. The first-order chi connectivity index (χ1) is 7.19. The van der Waals surface area contributed by atoms with Gasteiger partial charge in [0.1, 0.15) is 0 Å². The van der Waals surface area contributed by atoms with E-state index in [2.05, 4.69) is 44.9 Å². The smallest absolute Gasteiger partial charge is 0.0203 e. The summed E-state index contributed by atoms with van der Waals surface area (Å²) in [5.41, 5.74) is 0. The van der Waals surface area contributed by atoms with Gasteiger partial charge in [-0.15, -0.1) is 0 Å². The van der Waals surface area contributed by atoms with E-state index < -0.39 is 0 Å². The maximum absolute atomic E-state index is 3.50. The first kappa shape index (κ1) is 13.4. The second kappa shape index (κ2) is 6.80. The molecule has 1 fully saturated rings. The van der Waals surface area contributed by atoms with Crippen molar-refractivity contribution in [3.63, 3.8) is 0 Å². The van der Waals surface area contributed by atoms with Crippen molar-refractivity contribution in [2.45, 2.75) is 57.7 Å². The highest BCUT2D eigenvalue weighted by Crippen LogP contribution is 2.36. The van der Waals surface area contributed by atoms with Gasteiger partial charge >= 0.3 is 0 Å². The second-order valence-corrected chi connectivity index (χ2v) is 6.47. The highest BCUT2D eigenvalue weighted by atomic mass is 32.2. The average molecular weight is 229 g/mol. The largest absolute Gasteiger partial charge is 0.316 e. The van der Waals surface area contributed by atoms with Gasteiger partial charge < -0.3 is 5.32 Å². The minimum absolute atomic E-state index is 0.761. The molecule has 2 heteroatoms. The van der Waals surface area contributed by atoms with E-state index in [1.54, 1.807) is 0 Å². The molecule has 1 nitrogen and oxygen atoms in total. The lowest BCUT2D eigenvalue weighted by atomic mass is 9.79. The molecule has 0 bridgehead atoms. The highest BCUT2D eigenvalue weighted by Gasteiger charge is 2.30. The Labute approximate surface area is 99.8 Å². The Bertz CT molecular complexity index is 170. The van der Waals surface area contributed by atoms with Gasteiger partial charge in [-0.3, -0.25) is 0 Å². The van der Waals surface area contributed by atoms with E-state index in [-0.39, 0.29) is 0 Å². The standard InChI is InChI=1S/C13H27NS/c1-5-8-15-13-9-11(10(2)3)6-7-12(13)14-4/h10-14H,5-9H2,1-4H3. The lowest BCUT2D eigenvalue weighted by molar-refractivity contribution is 0.251. The Hall–Kier alpha value is 0.310. The Morgan fingerprint density at radius 2 is 2.07 bits per heavy atom. The molecular formula is C13H27NS. The molecule has 1 aliphatic rings. The topological polar surface area (TPSA) is 12.0 Å². The van der Waals surface area contributed by atoms with Crippen LogP contribution in [-0.2, 0) is 0 Å². The number of hydrogen-bond acceptors (Lipinski definition) is 2. The number of hydrogen-bond donors (Lipinski definition) is 1. The molecule has 0 aromatic heterocycles.